The van der Waals surface area contributed by atoms with Crippen LogP contribution >= 0.6 is 0 Å². The second kappa shape index (κ2) is 7.75. The molecule has 126 valence electrons. The highest BCUT2D eigenvalue weighted by atomic mass is 16.2. The molecule has 1 saturated heterocycles. The third-order valence-electron chi connectivity index (χ3n) is 3.96. The average Bonchev–Trinajstić information content (AvgIpc) is 2.53. The minimum atomic E-state index is -0.670. The molecule has 0 aromatic carbocycles. The number of piperidine rings is 1. The highest BCUT2D eigenvalue weighted by Gasteiger charge is 2.30. The molecular formula is C15H24N6O2. The summed E-state index contributed by atoms with van der Waals surface area (Å²) in [6.45, 7) is 5.06. The number of carbonyl (C=O) groups is 2. The molecule has 0 radical (unpaired) electrons. The van der Waals surface area contributed by atoms with Crippen molar-refractivity contribution in [3.8, 4) is 0 Å². The summed E-state index contributed by atoms with van der Waals surface area (Å²) < 4.78 is 0. The van der Waals surface area contributed by atoms with E-state index in [1.54, 1.807) is 11.1 Å². The van der Waals surface area contributed by atoms with E-state index in [1.807, 2.05) is 26.0 Å². The molecule has 8 nitrogen and oxygen atoms in total. The number of anilines is 1. The Morgan fingerprint density at radius 1 is 1.35 bits per heavy atom. The van der Waals surface area contributed by atoms with Crippen molar-refractivity contribution in [1.29, 1.82) is 0 Å². The minimum absolute atomic E-state index is 0.00885. The molecule has 0 unspecified atom stereocenters. The second-order valence-electron chi connectivity index (χ2n) is 6.08. The number of nitrogens with two attached hydrogens (primary N) is 1. The van der Waals surface area contributed by atoms with Crippen LogP contribution in [0.25, 0.3) is 0 Å². The van der Waals surface area contributed by atoms with E-state index in [9.17, 15) is 9.59 Å². The molecule has 1 aromatic rings. The van der Waals surface area contributed by atoms with E-state index in [2.05, 4.69) is 20.8 Å². The summed E-state index contributed by atoms with van der Waals surface area (Å²) in [6, 6.07) is 2.72. The van der Waals surface area contributed by atoms with E-state index in [0.717, 1.165) is 18.7 Å². The molecule has 1 fully saturated rings. The van der Waals surface area contributed by atoms with E-state index in [-0.39, 0.29) is 17.9 Å². The Morgan fingerprint density at radius 3 is 2.57 bits per heavy atom. The Balaban J connectivity index is 1.87. The van der Waals surface area contributed by atoms with Gasteiger partial charge in [-0.2, -0.15) is 5.10 Å². The molecule has 2 rings (SSSR count). The molecule has 2 heterocycles. The zero-order chi connectivity index (χ0) is 16.8. The van der Waals surface area contributed by atoms with Crippen LogP contribution in [0.5, 0.6) is 0 Å². The minimum Gasteiger partial charge on any atom is -0.366 e. The maximum absolute atomic E-state index is 12.6. The maximum Gasteiger partial charge on any atom is 0.312 e. The van der Waals surface area contributed by atoms with Crippen LogP contribution in [-0.4, -0.2) is 52.2 Å². The summed E-state index contributed by atoms with van der Waals surface area (Å²) in [7, 11) is 0. The number of nitrogens with one attached hydrogen (secondary N) is 2. The van der Waals surface area contributed by atoms with Gasteiger partial charge in [-0.15, -0.1) is 5.10 Å². The van der Waals surface area contributed by atoms with Crippen LogP contribution < -0.4 is 16.4 Å². The van der Waals surface area contributed by atoms with Crippen molar-refractivity contribution in [2.24, 2.45) is 11.7 Å². The molecule has 1 aliphatic heterocycles. The largest absolute Gasteiger partial charge is 0.366 e. The molecule has 4 N–H and O–H groups in total. The lowest BCUT2D eigenvalue weighted by molar-refractivity contribution is -0.135. The van der Waals surface area contributed by atoms with Crippen molar-refractivity contribution in [2.45, 2.75) is 38.8 Å². The van der Waals surface area contributed by atoms with Gasteiger partial charge < -0.3 is 21.3 Å². The van der Waals surface area contributed by atoms with Crippen molar-refractivity contribution in [3.05, 3.63) is 18.3 Å². The monoisotopic (exact) mass is 320 g/mol. The molecular weight excluding hydrogens is 296 g/mol. The number of carbonyl (C=O) groups excluding carboxylic acids is 2. The molecule has 0 bridgehead atoms. The average molecular weight is 320 g/mol. The number of amides is 3. The molecule has 8 heteroatoms. The molecule has 23 heavy (non-hydrogen) atoms. The number of primary amides is 1. The molecule has 1 aromatic heterocycles. The second-order valence-corrected chi connectivity index (χ2v) is 6.08. The quantitative estimate of drug-likeness (QED) is 0.734. The van der Waals surface area contributed by atoms with Crippen LogP contribution in [0.3, 0.4) is 0 Å². The van der Waals surface area contributed by atoms with Gasteiger partial charge in [0, 0.05) is 25.3 Å². The lowest BCUT2D eigenvalue weighted by Crippen LogP contribution is -2.54. The molecule has 0 saturated carbocycles. The van der Waals surface area contributed by atoms with E-state index < -0.39 is 12.1 Å². The van der Waals surface area contributed by atoms with Crippen LogP contribution in [0, 0.1) is 5.92 Å². The van der Waals surface area contributed by atoms with Gasteiger partial charge in [0.2, 0.25) is 5.91 Å². The number of nitrogens with zero attached hydrogens (tertiary/aromatic N) is 3. The number of aromatic nitrogens is 2. The SMILES string of the molecule is CC(C)[C@H](NC(N)=O)C(=O)N1CCC(Nc2cccnn2)CC1. The van der Waals surface area contributed by atoms with E-state index in [1.165, 1.54) is 0 Å². The fraction of sp³-hybridized carbons (Fsp3) is 0.600. The van der Waals surface area contributed by atoms with Crippen LogP contribution in [0.2, 0.25) is 0 Å². The van der Waals surface area contributed by atoms with Crippen molar-refractivity contribution in [1.82, 2.24) is 20.4 Å². The lowest BCUT2D eigenvalue weighted by Gasteiger charge is -2.35. The summed E-state index contributed by atoms with van der Waals surface area (Å²) in [6.07, 6.45) is 3.28. The van der Waals surface area contributed by atoms with Gasteiger partial charge in [-0.3, -0.25) is 4.79 Å². The summed E-state index contributed by atoms with van der Waals surface area (Å²) in [5.74, 6) is 0.662. The van der Waals surface area contributed by atoms with Gasteiger partial charge in [0.05, 0.1) is 0 Å². The van der Waals surface area contributed by atoms with Crippen LogP contribution in [0.15, 0.2) is 18.3 Å². The van der Waals surface area contributed by atoms with Gasteiger partial charge in [-0.1, -0.05) is 13.8 Å². The summed E-state index contributed by atoms with van der Waals surface area (Å²) in [5.41, 5.74) is 5.16. The number of likely N-dealkylation sites (tertiary alicyclic amines) is 1. The highest BCUT2D eigenvalue weighted by molar-refractivity contribution is 5.86. The standard InChI is InChI=1S/C15H24N6O2/c1-10(2)13(19-15(16)23)14(22)21-8-5-11(6-9-21)18-12-4-3-7-17-20-12/h3-4,7,10-11,13H,5-6,8-9H2,1-2H3,(H,18,20)(H3,16,19,23)/t13-/m0/s1. The van der Waals surface area contributed by atoms with Crippen molar-refractivity contribution >= 4 is 17.8 Å². The zero-order valence-electron chi connectivity index (χ0n) is 13.5. The fourth-order valence-corrected chi connectivity index (χ4v) is 2.70. The van der Waals surface area contributed by atoms with E-state index >= 15 is 0 Å². The Labute approximate surface area is 135 Å². The first-order chi connectivity index (χ1) is 11.0. The third-order valence-corrected chi connectivity index (χ3v) is 3.96. The topological polar surface area (TPSA) is 113 Å². The van der Waals surface area contributed by atoms with Gasteiger partial charge >= 0.3 is 6.03 Å². The van der Waals surface area contributed by atoms with Crippen molar-refractivity contribution in [3.63, 3.8) is 0 Å². The first-order valence-electron chi connectivity index (χ1n) is 7.86. The predicted molar refractivity (Wildman–Crippen MR) is 86.6 cm³/mol. The normalized spacial score (nSPS) is 16.9. The first-order valence-corrected chi connectivity index (χ1v) is 7.86. The lowest BCUT2D eigenvalue weighted by atomic mass is 9.99. The molecule has 1 aliphatic rings. The first kappa shape index (κ1) is 17.0. The van der Waals surface area contributed by atoms with Crippen LogP contribution in [0.1, 0.15) is 26.7 Å². The van der Waals surface area contributed by atoms with Gasteiger partial charge in [-0.25, -0.2) is 4.79 Å². The third kappa shape index (κ3) is 4.80. The Kier molecular flexibility index (Phi) is 5.72. The summed E-state index contributed by atoms with van der Waals surface area (Å²) in [5, 5.41) is 13.7. The fourth-order valence-electron chi connectivity index (χ4n) is 2.70. The van der Waals surface area contributed by atoms with E-state index in [0.29, 0.717) is 13.1 Å². The Morgan fingerprint density at radius 2 is 2.04 bits per heavy atom. The van der Waals surface area contributed by atoms with E-state index in [4.69, 9.17) is 5.73 Å². The Hall–Kier alpha value is -2.38. The maximum atomic E-state index is 12.6. The van der Waals surface area contributed by atoms with Gasteiger partial charge in [0.25, 0.3) is 0 Å². The number of hydrogen-bond donors (Lipinski definition) is 3. The molecule has 0 aliphatic carbocycles. The number of hydrogen-bond acceptors (Lipinski definition) is 5. The predicted octanol–water partition coefficient (Wildman–Crippen LogP) is 0.572. The van der Waals surface area contributed by atoms with Gasteiger partial charge in [0.15, 0.2) is 0 Å². The number of rotatable bonds is 5. The van der Waals surface area contributed by atoms with Crippen LogP contribution in [-0.2, 0) is 4.79 Å². The Bertz CT molecular complexity index is 528. The van der Waals surface area contributed by atoms with Crippen molar-refractivity contribution in [2.75, 3.05) is 18.4 Å². The van der Waals surface area contributed by atoms with Crippen LogP contribution in [0.4, 0.5) is 10.6 Å². The summed E-state index contributed by atoms with van der Waals surface area (Å²) >= 11 is 0. The van der Waals surface area contributed by atoms with Gasteiger partial charge in [-0.05, 0) is 30.9 Å². The summed E-state index contributed by atoms with van der Waals surface area (Å²) in [4.78, 5) is 25.4. The van der Waals surface area contributed by atoms with Crippen molar-refractivity contribution < 1.29 is 9.59 Å². The molecule has 1 atom stereocenters. The molecule has 3 amide bonds. The molecule has 0 spiro atoms. The highest BCUT2D eigenvalue weighted by Crippen LogP contribution is 2.17. The zero-order valence-corrected chi connectivity index (χ0v) is 13.5. The smallest absolute Gasteiger partial charge is 0.312 e. The van der Waals surface area contributed by atoms with Gasteiger partial charge in [0.1, 0.15) is 11.9 Å². The number of urea groups is 1.